The molecule has 1 N–H and O–H groups in total. The van der Waals surface area contributed by atoms with Crippen molar-refractivity contribution in [2.75, 3.05) is 20.8 Å². The van der Waals surface area contributed by atoms with E-state index in [1.165, 1.54) is 0 Å². The third kappa shape index (κ3) is 4.55. The van der Waals surface area contributed by atoms with Gasteiger partial charge in [-0.3, -0.25) is 0 Å². The largest absolute Gasteiger partial charge is 0.497 e. The first-order valence-electron chi connectivity index (χ1n) is 7.87. The lowest BCUT2D eigenvalue weighted by molar-refractivity contribution is 0.275. The molecule has 0 fully saturated rings. The van der Waals surface area contributed by atoms with Crippen molar-refractivity contribution in [1.82, 2.24) is 4.57 Å². The number of nitrogens with zero attached hydrogens (tertiary/aromatic N) is 2. The Bertz CT molecular complexity index is 886. The van der Waals surface area contributed by atoms with Crippen LogP contribution in [0.4, 0.5) is 5.69 Å². The summed E-state index contributed by atoms with van der Waals surface area (Å²) >= 11 is 1.55. The summed E-state index contributed by atoms with van der Waals surface area (Å²) in [7, 11) is 3.29. The van der Waals surface area contributed by atoms with Crippen LogP contribution >= 0.6 is 28.3 Å². The maximum Gasteiger partial charge on any atom is 0.190 e. The van der Waals surface area contributed by atoms with Crippen LogP contribution in [0, 0.1) is 0 Å². The van der Waals surface area contributed by atoms with Gasteiger partial charge in [0, 0.05) is 11.9 Å². The fourth-order valence-corrected chi connectivity index (χ4v) is 3.45. The first-order valence-corrected chi connectivity index (χ1v) is 8.75. The van der Waals surface area contributed by atoms with Gasteiger partial charge in [-0.2, -0.15) is 0 Å². The molecule has 0 spiro atoms. The highest BCUT2D eigenvalue weighted by molar-refractivity contribution is 8.93. The Balaban J connectivity index is 0.00000243. The summed E-state index contributed by atoms with van der Waals surface area (Å²) in [6.45, 7) is 0.537. The van der Waals surface area contributed by atoms with Crippen LogP contribution in [0.15, 0.2) is 58.9 Å². The second-order valence-electron chi connectivity index (χ2n) is 5.32. The van der Waals surface area contributed by atoms with E-state index in [0.717, 1.165) is 33.2 Å². The lowest BCUT2D eigenvalue weighted by atomic mass is 10.1. The van der Waals surface area contributed by atoms with Gasteiger partial charge in [0.25, 0.3) is 0 Å². The topological polar surface area (TPSA) is 56.0 Å². The number of rotatable bonds is 6. The summed E-state index contributed by atoms with van der Waals surface area (Å²) < 4.78 is 12.4. The molecule has 3 aromatic rings. The molecule has 0 radical (unpaired) electrons. The first kappa shape index (κ1) is 20.2. The summed E-state index contributed by atoms with van der Waals surface area (Å²) in [5.41, 5.74) is 2.92. The average Bonchev–Trinajstić information content (AvgIpc) is 3.05. The van der Waals surface area contributed by atoms with Gasteiger partial charge in [0.05, 0.1) is 32.2 Å². The van der Waals surface area contributed by atoms with Crippen molar-refractivity contribution in [1.29, 1.82) is 0 Å². The van der Waals surface area contributed by atoms with E-state index >= 15 is 0 Å². The molecule has 5 nitrogen and oxygen atoms in total. The number of ether oxygens (including phenoxy) is 2. The molecular formula is C19H21BrN2O3S. The van der Waals surface area contributed by atoms with Crippen molar-refractivity contribution < 1.29 is 14.6 Å². The molecule has 0 saturated heterocycles. The second-order valence-corrected chi connectivity index (χ2v) is 6.15. The Morgan fingerprint density at radius 3 is 2.08 bits per heavy atom. The molecule has 0 aliphatic carbocycles. The lowest BCUT2D eigenvalue weighted by Crippen LogP contribution is -2.17. The molecule has 0 aliphatic rings. The van der Waals surface area contributed by atoms with Crippen LogP contribution in [0.25, 0.3) is 11.3 Å². The minimum absolute atomic E-state index is 0. The standard InChI is InChI=1S/C19H20N2O3S.BrH/c1-23-16-7-3-14(4-8-16)18-13-25-19(21(18)11-12-22)20-15-5-9-17(24-2)10-6-15;/h3-10,13,22H,11-12H2,1-2H3;1H. The Morgan fingerprint density at radius 2 is 1.54 bits per heavy atom. The molecule has 26 heavy (non-hydrogen) atoms. The van der Waals surface area contributed by atoms with Gasteiger partial charge >= 0.3 is 0 Å². The molecule has 7 heteroatoms. The number of hydrogen-bond donors (Lipinski definition) is 1. The van der Waals surface area contributed by atoms with E-state index in [1.54, 1.807) is 25.6 Å². The molecule has 1 heterocycles. The predicted octanol–water partition coefficient (Wildman–Crippen LogP) is 4.04. The summed E-state index contributed by atoms with van der Waals surface area (Å²) in [6, 6.07) is 15.5. The fourth-order valence-electron chi connectivity index (χ4n) is 2.49. The average molecular weight is 437 g/mol. The molecule has 0 saturated carbocycles. The molecule has 0 bridgehead atoms. The van der Waals surface area contributed by atoms with Crippen molar-refractivity contribution in [2.45, 2.75) is 6.54 Å². The highest BCUT2D eigenvalue weighted by atomic mass is 79.9. The van der Waals surface area contributed by atoms with E-state index in [9.17, 15) is 5.11 Å². The van der Waals surface area contributed by atoms with E-state index < -0.39 is 0 Å². The number of methoxy groups -OCH3 is 2. The summed E-state index contributed by atoms with van der Waals surface area (Å²) in [4.78, 5) is 5.54. The number of thiazole rings is 1. The Labute approximate surface area is 167 Å². The number of halogens is 1. The third-order valence-corrected chi connectivity index (χ3v) is 4.67. The molecule has 3 rings (SSSR count). The van der Waals surface area contributed by atoms with Crippen LogP contribution in [-0.2, 0) is 6.54 Å². The van der Waals surface area contributed by atoms with Crippen LogP contribution < -0.4 is 14.3 Å². The zero-order chi connectivity index (χ0) is 17.6. The maximum absolute atomic E-state index is 9.46. The minimum Gasteiger partial charge on any atom is -0.497 e. The monoisotopic (exact) mass is 436 g/mol. The third-order valence-electron chi connectivity index (χ3n) is 3.80. The molecular weight excluding hydrogens is 416 g/mol. The molecule has 2 aromatic carbocycles. The van der Waals surface area contributed by atoms with Gasteiger partial charge in [-0.25, -0.2) is 4.99 Å². The maximum atomic E-state index is 9.46. The predicted molar refractivity (Wildman–Crippen MR) is 110 cm³/mol. The van der Waals surface area contributed by atoms with Crippen molar-refractivity contribution in [2.24, 2.45) is 4.99 Å². The normalized spacial score (nSPS) is 11.1. The molecule has 1 aromatic heterocycles. The van der Waals surface area contributed by atoms with Crippen LogP contribution in [0.5, 0.6) is 11.5 Å². The summed E-state index contributed by atoms with van der Waals surface area (Å²) in [6.07, 6.45) is 0. The van der Waals surface area contributed by atoms with Gasteiger partial charge in [-0.1, -0.05) is 0 Å². The molecule has 0 aliphatic heterocycles. The van der Waals surface area contributed by atoms with E-state index in [4.69, 9.17) is 14.5 Å². The van der Waals surface area contributed by atoms with Gasteiger partial charge in [0.1, 0.15) is 11.5 Å². The smallest absolute Gasteiger partial charge is 0.190 e. The van der Waals surface area contributed by atoms with Crippen molar-refractivity contribution in [3.05, 3.63) is 58.7 Å². The highest BCUT2D eigenvalue weighted by Gasteiger charge is 2.08. The fraction of sp³-hybridized carbons (Fsp3) is 0.211. The molecule has 0 unspecified atom stereocenters. The molecule has 0 amide bonds. The van der Waals surface area contributed by atoms with Crippen LogP contribution in [-0.4, -0.2) is 30.5 Å². The minimum atomic E-state index is 0. The van der Waals surface area contributed by atoms with Crippen molar-refractivity contribution in [3.8, 4) is 22.8 Å². The SMILES string of the molecule is Br.COc1ccc(N=c2scc(-c3ccc(OC)cc3)n2CCO)cc1. The van der Waals surface area contributed by atoms with Gasteiger partial charge in [-0.15, -0.1) is 28.3 Å². The van der Waals surface area contributed by atoms with Crippen LogP contribution in [0.2, 0.25) is 0 Å². The Kier molecular flexibility index (Phi) is 7.44. The van der Waals surface area contributed by atoms with Gasteiger partial charge < -0.3 is 19.1 Å². The quantitative estimate of drug-likeness (QED) is 0.634. The summed E-state index contributed by atoms with van der Waals surface area (Å²) in [5.74, 6) is 1.61. The zero-order valence-electron chi connectivity index (χ0n) is 14.6. The lowest BCUT2D eigenvalue weighted by Gasteiger charge is -2.08. The van der Waals surface area contributed by atoms with Gasteiger partial charge in [-0.05, 0) is 54.1 Å². The first-order chi connectivity index (χ1) is 12.2. The Hall–Kier alpha value is -2.09. The summed E-state index contributed by atoms with van der Waals surface area (Å²) in [5, 5.41) is 11.5. The Morgan fingerprint density at radius 1 is 0.962 bits per heavy atom. The van der Waals surface area contributed by atoms with E-state index in [2.05, 4.69) is 5.38 Å². The molecule has 138 valence electrons. The number of hydrogen-bond acceptors (Lipinski definition) is 5. The van der Waals surface area contributed by atoms with Crippen LogP contribution in [0.3, 0.4) is 0 Å². The van der Waals surface area contributed by atoms with E-state index in [1.807, 2.05) is 53.1 Å². The van der Waals surface area contributed by atoms with Crippen molar-refractivity contribution in [3.63, 3.8) is 0 Å². The van der Waals surface area contributed by atoms with E-state index in [0.29, 0.717) is 6.54 Å². The number of aliphatic hydroxyl groups excluding tert-OH is 1. The van der Waals surface area contributed by atoms with Crippen molar-refractivity contribution >= 4 is 34.0 Å². The van der Waals surface area contributed by atoms with Crippen LogP contribution in [0.1, 0.15) is 0 Å². The molecule has 0 atom stereocenters. The number of aromatic nitrogens is 1. The second kappa shape index (κ2) is 9.56. The highest BCUT2D eigenvalue weighted by Crippen LogP contribution is 2.24. The zero-order valence-corrected chi connectivity index (χ0v) is 17.1. The van der Waals surface area contributed by atoms with Gasteiger partial charge in [0.15, 0.2) is 4.80 Å². The number of benzene rings is 2. The van der Waals surface area contributed by atoms with Gasteiger partial charge in [0.2, 0.25) is 0 Å². The van der Waals surface area contributed by atoms with E-state index in [-0.39, 0.29) is 23.6 Å². The number of aliphatic hydroxyl groups is 1.